The van der Waals surface area contributed by atoms with Crippen molar-refractivity contribution in [2.75, 3.05) is 5.32 Å². The van der Waals surface area contributed by atoms with Crippen LogP contribution in [0.25, 0.3) is 0 Å². The summed E-state index contributed by atoms with van der Waals surface area (Å²) in [4.78, 5) is 16.4. The largest absolute Gasteiger partial charge is 0.512 e. The van der Waals surface area contributed by atoms with Crippen LogP contribution in [0, 0.1) is 0 Å². The van der Waals surface area contributed by atoms with E-state index in [0.717, 1.165) is 0 Å². The Balaban J connectivity index is 2.15. The number of amides is 1. The standard InChI is InChI=1S/C17H15ClN2O2/c1-12(21)16(11-19-14-5-3-2-4-6-14)17(22)20-15-9-7-13(18)8-10-15/h2-11,21H,1H3,(H,20,22). The molecule has 0 aliphatic rings. The molecule has 2 N–H and O–H groups in total. The molecule has 0 aliphatic carbocycles. The van der Waals surface area contributed by atoms with E-state index in [1.54, 1.807) is 36.4 Å². The summed E-state index contributed by atoms with van der Waals surface area (Å²) in [7, 11) is 0. The van der Waals surface area contributed by atoms with Gasteiger partial charge >= 0.3 is 0 Å². The average Bonchev–Trinajstić information content (AvgIpc) is 2.50. The first kappa shape index (κ1) is 15.8. The molecule has 0 bridgehead atoms. The lowest BCUT2D eigenvalue weighted by molar-refractivity contribution is -0.112. The van der Waals surface area contributed by atoms with Gasteiger partial charge in [-0.3, -0.25) is 9.79 Å². The zero-order valence-corrected chi connectivity index (χ0v) is 12.7. The Bertz CT molecular complexity index is 703. The number of hydrogen-bond donors (Lipinski definition) is 2. The van der Waals surface area contributed by atoms with Gasteiger partial charge < -0.3 is 10.4 Å². The molecular weight excluding hydrogens is 300 g/mol. The normalized spacial score (nSPS) is 12.1. The van der Waals surface area contributed by atoms with Gasteiger partial charge in [0.15, 0.2) is 0 Å². The molecule has 0 saturated carbocycles. The van der Waals surface area contributed by atoms with E-state index in [1.165, 1.54) is 13.1 Å². The highest BCUT2D eigenvalue weighted by Crippen LogP contribution is 2.15. The molecule has 1 amide bonds. The number of aliphatic hydroxyl groups excluding tert-OH is 1. The summed E-state index contributed by atoms with van der Waals surface area (Å²) >= 11 is 5.80. The number of rotatable bonds is 4. The summed E-state index contributed by atoms with van der Waals surface area (Å²) in [6.45, 7) is 1.44. The fourth-order valence-electron chi connectivity index (χ4n) is 1.70. The third kappa shape index (κ3) is 4.46. The number of nitrogens with one attached hydrogen (secondary N) is 1. The number of aliphatic hydroxyl groups is 1. The molecule has 4 nitrogen and oxygen atoms in total. The minimum Gasteiger partial charge on any atom is -0.512 e. The summed E-state index contributed by atoms with van der Waals surface area (Å²) in [5, 5.41) is 13.0. The predicted molar refractivity (Wildman–Crippen MR) is 90.0 cm³/mol. The molecule has 5 heteroatoms. The summed E-state index contributed by atoms with van der Waals surface area (Å²) in [6.07, 6.45) is 1.34. The molecule has 2 aromatic carbocycles. The highest BCUT2D eigenvalue weighted by Gasteiger charge is 2.11. The number of hydrogen-bond acceptors (Lipinski definition) is 3. The van der Waals surface area contributed by atoms with Crippen molar-refractivity contribution in [2.45, 2.75) is 6.92 Å². The van der Waals surface area contributed by atoms with Crippen molar-refractivity contribution in [1.29, 1.82) is 0 Å². The summed E-state index contributed by atoms with van der Waals surface area (Å²) in [5.41, 5.74) is 1.38. The monoisotopic (exact) mass is 314 g/mol. The van der Waals surface area contributed by atoms with Crippen molar-refractivity contribution >= 4 is 35.1 Å². The van der Waals surface area contributed by atoms with Crippen molar-refractivity contribution in [3.8, 4) is 0 Å². The second kappa shape index (κ2) is 7.43. The summed E-state index contributed by atoms with van der Waals surface area (Å²) in [5.74, 6) is -0.548. The summed E-state index contributed by atoms with van der Waals surface area (Å²) in [6, 6.07) is 15.9. The lowest BCUT2D eigenvalue weighted by Gasteiger charge is -2.06. The van der Waals surface area contributed by atoms with E-state index in [2.05, 4.69) is 10.3 Å². The smallest absolute Gasteiger partial charge is 0.260 e. The molecule has 0 spiro atoms. The van der Waals surface area contributed by atoms with Gasteiger partial charge in [0.1, 0.15) is 5.76 Å². The van der Waals surface area contributed by atoms with Crippen LogP contribution in [-0.2, 0) is 4.79 Å². The first-order valence-corrected chi connectivity index (χ1v) is 7.00. The fraction of sp³-hybridized carbons (Fsp3) is 0.0588. The number of allylic oxidation sites excluding steroid dienone is 1. The van der Waals surface area contributed by atoms with Crippen LogP contribution in [0.3, 0.4) is 0 Å². The maximum atomic E-state index is 12.2. The van der Waals surface area contributed by atoms with Crippen LogP contribution in [0.5, 0.6) is 0 Å². The Kier molecular flexibility index (Phi) is 5.33. The van der Waals surface area contributed by atoms with E-state index in [4.69, 9.17) is 11.6 Å². The number of nitrogens with zero attached hydrogens (tertiary/aromatic N) is 1. The third-order valence-electron chi connectivity index (χ3n) is 2.84. The van der Waals surface area contributed by atoms with E-state index in [9.17, 15) is 9.90 Å². The molecule has 2 rings (SSSR count). The van der Waals surface area contributed by atoms with E-state index in [1.807, 2.05) is 18.2 Å². The first-order valence-electron chi connectivity index (χ1n) is 6.62. The number of halogens is 1. The third-order valence-corrected chi connectivity index (χ3v) is 3.09. The van der Waals surface area contributed by atoms with Gasteiger partial charge in [0.05, 0.1) is 11.3 Å². The number of carbonyl (C=O) groups is 1. The van der Waals surface area contributed by atoms with E-state index in [-0.39, 0.29) is 11.3 Å². The molecule has 0 aliphatic heterocycles. The van der Waals surface area contributed by atoms with Crippen molar-refractivity contribution in [1.82, 2.24) is 0 Å². The van der Waals surface area contributed by atoms with Gasteiger partial charge in [0.25, 0.3) is 5.91 Å². The Morgan fingerprint density at radius 3 is 2.36 bits per heavy atom. The SMILES string of the molecule is CC(O)=C(C=Nc1ccccc1)C(=O)Nc1ccc(Cl)cc1. The molecule has 0 saturated heterocycles. The molecule has 0 atom stereocenters. The maximum absolute atomic E-state index is 12.2. The molecule has 22 heavy (non-hydrogen) atoms. The van der Waals surface area contributed by atoms with Gasteiger partial charge in [0, 0.05) is 16.9 Å². The van der Waals surface area contributed by atoms with Gasteiger partial charge in [-0.2, -0.15) is 0 Å². The lowest BCUT2D eigenvalue weighted by atomic mass is 10.2. The molecule has 0 fully saturated rings. The first-order chi connectivity index (χ1) is 10.6. The van der Waals surface area contributed by atoms with Gasteiger partial charge in [0.2, 0.25) is 0 Å². The average molecular weight is 315 g/mol. The Morgan fingerprint density at radius 2 is 1.77 bits per heavy atom. The predicted octanol–water partition coefficient (Wildman–Crippen LogP) is 4.51. The van der Waals surface area contributed by atoms with Gasteiger partial charge in [-0.05, 0) is 43.3 Å². The topological polar surface area (TPSA) is 61.7 Å². The van der Waals surface area contributed by atoms with Crippen molar-refractivity contribution in [2.24, 2.45) is 4.99 Å². The molecule has 2 aromatic rings. The fourth-order valence-corrected chi connectivity index (χ4v) is 1.83. The molecular formula is C17H15ClN2O2. The minimum atomic E-state index is -0.443. The van der Waals surface area contributed by atoms with Crippen molar-refractivity contribution < 1.29 is 9.90 Å². The lowest BCUT2D eigenvalue weighted by Crippen LogP contribution is -2.16. The maximum Gasteiger partial charge on any atom is 0.260 e. The van der Waals surface area contributed by atoms with Crippen molar-refractivity contribution in [3.05, 3.63) is 71.0 Å². The highest BCUT2D eigenvalue weighted by atomic mass is 35.5. The number of carbonyl (C=O) groups excluding carboxylic acids is 1. The summed E-state index contributed by atoms with van der Waals surface area (Å²) < 4.78 is 0. The van der Waals surface area contributed by atoms with E-state index in [0.29, 0.717) is 16.4 Å². The van der Waals surface area contributed by atoms with Gasteiger partial charge in [-0.1, -0.05) is 29.8 Å². The second-order valence-corrected chi connectivity index (χ2v) is 4.99. The highest BCUT2D eigenvalue weighted by molar-refractivity contribution is 6.30. The Hall–Kier alpha value is -2.59. The Labute approximate surface area is 133 Å². The van der Waals surface area contributed by atoms with Crippen LogP contribution >= 0.6 is 11.6 Å². The molecule has 0 unspecified atom stereocenters. The number of benzene rings is 2. The van der Waals surface area contributed by atoms with Gasteiger partial charge in [-0.15, -0.1) is 0 Å². The van der Waals surface area contributed by atoms with Crippen LogP contribution in [0.4, 0.5) is 11.4 Å². The van der Waals surface area contributed by atoms with Gasteiger partial charge in [-0.25, -0.2) is 0 Å². The minimum absolute atomic E-state index is 0.0961. The van der Waals surface area contributed by atoms with Crippen LogP contribution in [-0.4, -0.2) is 17.2 Å². The zero-order chi connectivity index (χ0) is 15.9. The number of aliphatic imine (C=N–C) groups is 1. The van der Waals surface area contributed by atoms with Crippen LogP contribution in [0.2, 0.25) is 5.02 Å². The molecule has 0 radical (unpaired) electrons. The zero-order valence-electron chi connectivity index (χ0n) is 12.0. The quantitative estimate of drug-likeness (QED) is 0.495. The Morgan fingerprint density at radius 1 is 1.14 bits per heavy atom. The van der Waals surface area contributed by atoms with Crippen molar-refractivity contribution in [3.63, 3.8) is 0 Å². The van der Waals surface area contributed by atoms with E-state index < -0.39 is 5.91 Å². The van der Waals surface area contributed by atoms with Crippen LogP contribution in [0.15, 0.2) is 70.9 Å². The second-order valence-electron chi connectivity index (χ2n) is 4.55. The number of para-hydroxylation sites is 1. The molecule has 0 aromatic heterocycles. The molecule has 112 valence electrons. The molecule has 0 heterocycles. The van der Waals surface area contributed by atoms with E-state index >= 15 is 0 Å². The number of anilines is 1. The van der Waals surface area contributed by atoms with Crippen LogP contribution in [0.1, 0.15) is 6.92 Å². The van der Waals surface area contributed by atoms with Crippen LogP contribution < -0.4 is 5.32 Å².